The fourth-order valence-corrected chi connectivity index (χ4v) is 2.31. The summed E-state index contributed by atoms with van der Waals surface area (Å²) in [6.45, 7) is 7.70. The van der Waals surface area contributed by atoms with Crippen LogP contribution < -0.4 is 0 Å². The molecule has 0 N–H and O–H groups in total. The van der Waals surface area contributed by atoms with Crippen molar-refractivity contribution in [3.8, 4) is 0 Å². The molecule has 2 saturated heterocycles. The first-order valence-corrected chi connectivity index (χ1v) is 6.95. The highest BCUT2D eigenvalue weighted by Gasteiger charge is 2.53. The average molecular weight is 305 g/mol. The van der Waals surface area contributed by atoms with E-state index in [4.69, 9.17) is 14.2 Å². The molecule has 2 fully saturated rings. The SMILES string of the molecule is C=C/C(=C\C=C(/C=C)N1C[C@]2(OCCCC2=O)OC1=O)OC. The van der Waals surface area contributed by atoms with Crippen molar-refractivity contribution in [1.29, 1.82) is 0 Å². The molecular weight excluding hydrogens is 286 g/mol. The Hall–Kier alpha value is -2.34. The molecule has 2 aliphatic rings. The van der Waals surface area contributed by atoms with E-state index in [1.807, 2.05) is 0 Å². The van der Waals surface area contributed by atoms with E-state index in [0.717, 1.165) is 0 Å². The largest absolute Gasteiger partial charge is 0.497 e. The smallest absolute Gasteiger partial charge is 0.417 e. The van der Waals surface area contributed by atoms with Crippen molar-refractivity contribution in [2.75, 3.05) is 20.3 Å². The number of carbonyl (C=O) groups is 2. The number of Topliss-reactive ketones (excluding diaryl/α,β-unsaturated/α-hetero) is 1. The Morgan fingerprint density at radius 1 is 1.32 bits per heavy atom. The number of carbonyl (C=O) groups excluding carboxylic acids is 2. The first-order valence-electron chi connectivity index (χ1n) is 6.95. The van der Waals surface area contributed by atoms with Crippen LogP contribution in [0.4, 0.5) is 4.79 Å². The summed E-state index contributed by atoms with van der Waals surface area (Å²) in [7, 11) is 1.52. The summed E-state index contributed by atoms with van der Waals surface area (Å²) in [4.78, 5) is 25.5. The van der Waals surface area contributed by atoms with Crippen LogP contribution in [-0.4, -0.2) is 42.8 Å². The molecule has 0 unspecified atom stereocenters. The van der Waals surface area contributed by atoms with Crippen molar-refractivity contribution in [1.82, 2.24) is 4.90 Å². The van der Waals surface area contributed by atoms with Gasteiger partial charge in [0.1, 0.15) is 12.3 Å². The lowest BCUT2D eigenvalue weighted by atomic mass is 10.0. The number of allylic oxidation sites excluding steroid dienone is 4. The van der Waals surface area contributed by atoms with Crippen LogP contribution in [0.5, 0.6) is 0 Å². The van der Waals surface area contributed by atoms with Gasteiger partial charge in [-0.2, -0.15) is 0 Å². The molecule has 0 aliphatic carbocycles. The maximum absolute atomic E-state index is 12.1. The summed E-state index contributed by atoms with van der Waals surface area (Å²) in [6.07, 6.45) is 6.68. The van der Waals surface area contributed by atoms with Crippen LogP contribution in [0.1, 0.15) is 12.8 Å². The van der Waals surface area contributed by atoms with Crippen molar-refractivity contribution in [2.24, 2.45) is 0 Å². The molecule has 6 heteroatoms. The molecule has 2 aliphatic heterocycles. The first kappa shape index (κ1) is 16.0. The number of nitrogens with zero attached hydrogens (tertiary/aromatic N) is 1. The summed E-state index contributed by atoms with van der Waals surface area (Å²) in [5.74, 6) is -1.16. The van der Waals surface area contributed by atoms with Gasteiger partial charge in [0.05, 0.1) is 13.7 Å². The maximum atomic E-state index is 12.1. The number of rotatable bonds is 5. The lowest BCUT2D eigenvalue weighted by Gasteiger charge is -2.29. The van der Waals surface area contributed by atoms with Crippen LogP contribution in [0.15, 0.2) is 48.9 Å². The van der Waals surface area contributed by atoms with Crippen molar-refractivity contribution in [3.05, 3.63) is 48.9 Å². The fourth-order valence-electron chi connectivity index (χ4n) is 2.31. The van der Waals surface area contributed by atoms with Gasteiger partial charge in [-0.3, -0.25) is 9.69 Å². The van der Waals surface area contributed by atoms with E-state index in [1.165, 1.54) is 24.2 Å². The van der Waals surface area contributed by atoms with Crippen LogP contribution in [0.3, 0.4) is 0 Å². The number of ketones is 1. The van der Waals surface area contributed by atoms with Gasteiger partial charge in [-0.05, 0) is 30.7 Å². The maximum Gasteiger partial charge on any atom is 0.417 e. The van der Waals surface area contributed by atoms with Crippen LogP contribution in [0.2, 0.25) is 0 Å². The van der Waals surface area contributed by atoms with E-state index in [9.17, 15) is 9.59 Å². The van der Waals surface area contributed by atoms with E-state index in [2.05, 4.69) is 13.2 Å². The molecular formula is C16H19NO5. The third-order valence-corrected chi connectivity index (χ3v) is 3.52. The van der Waals surface area contributed by atoms with Crippen LogP contribution in [0, 0.1) is 0 Å². The summed E-state index contributed by atoms with van der Waals surface area (Å²) in [5, 5.41) is 0. The zero-order valence-electron chi connectivity index (χ0n) is 12.5. The zero-order valence-corrected chi connectivity index (χ0v) is 12.5. The molecule has 0 aromatic heterocycles. The van der Waals surface area contributed by atoms with Crippen molar-refractivity contribution < 1.29 is 23.8 Å². The average Bonchev–Trinajstić information content (AvgIpc) is 2.85. The van der Waals surface area contributed by atoms with E-state index in [-0.39, 0.29) is 12.3 Å². The number of ether oxygens (including phenoxy) is 3. The number of hydrogen-bond acceptors (Lipinski definition) is 5. The van der Waals surface area contributed by atoms with Gasteiger partial charge >= 0.3 is 6.09 Å². The minimum Gasteiger partial charge on any atom is -0.497 e. The third kappa shape index (κ3) is 2.96. The zero-order chi connectivity index (χ0) is 16.2. The number of methoxy groups -OCH3 is 1. The quantitative estimate of drug-likeness (QED) is 0.576. The van der Waals surface area contributed by atoms with Crippen LogP contribution in [0.25, 0.3) is 0 Å². The molecule has 2 rings (SSSR count). The Balaban J connectivity index is 2.24. The molecule has 1 atom stereocenters. The Morgan fingerprint density at radius 2 is 2.09 bits per heavy atom. The van der Waals surface area contributed by atoms with E-state index in [1.54, 1.807) is 12.2 Å². The molecule has 0 radical (unpaired) electrons. The van der Waals surface area contributed by atoms with Crippen LogP contribution >= 0.6 is 0 Å². The molecule has 2 heterocycles. The standard InChI is InChI=1S/C16H19NO5/c1-4-12(8-9-13(5-2)20-3)17-11-16(22-15(17)19)14(18)7-6-10-21-16/h4-5,8-9H,1-2,6-7,10-11H2,3H3/b12-8+,13-9+/t16-/m0/s1. The van der Waals surface area contributed by atoms with Gasteiger partial charge in [-0.1, -0.05) is 13.2 Å². The summed E-state index contributed by atoms with van der Waals surface area (Å²) < 4.78 is 15.7. The van der Waals surface area contributed by atoms with Gasteiger partial charge in [-0.25, -0.2) is 4.79 Å². The van der Waals surface area contributed by atoms with Crippen molar-refractivity contribution in [3.63, 3.8) is 0 Å². The summed E-state index contributed by atoms with van der Waals surface area (Å²) in [6, 6.07) is 0. The number of hydrogen-bond donors (Lipinski definition) is 0. The molecule has 0 aromatic carbocycles. The van der Waals surface area contributed by atoms with Gasteiger partial charge < -0.3 is 14.2 Å². The lowest BCUT2D eigenvalue weighted by Crippen LogP contribution is -2.48. The minimum absolute atomic E-state index is 0.0206. The number of amides is 1. The predicted octanol–water partition coefficient (Wildman–Crippen LogP) is 2.30. The van der Waals surface area contributed by atoms with E-state index in [0.29, 0.717) is 30.9 Å². The van der Waals surface area contributed by atoms with E-state index >= 15 is 0 Å². The van der Waals surface area contributed by atoms with Gasteiger partial charge in [0.15, 0.2) is 0 Å². The topological polar surface area (TPSA) is 65.1 Å². The molecule has 0 aromatic rings. The molecule has 0 bridgehead atoms. The summed E-state index contributed by atoms with van der Waals surface area (Å²) >= 11 is 0. The fraction of sp³-hybridized carbons (Fsp3) is 0.375. The monoisotopic (exact) mass is 305 g/mol. The lowest BCUT2D eigenvalue weighted by molar-refractivity contribution is -0.200. The van der Waals surface area contributed by atoms with Crippen LogP contribution in [-0.2, 0) is 19.0 Å². The Kier molecular flexibility index (Phi) is 4.82. The second-order valence-electron chi connectivity index (χ2n) is 4.86. The second kappa shape index (κ2) is 6.62. The normalized spacial score (nSPS) is 26.1. The molecule has 6 nitrogen and oxygen atoms in total. The molecule has 1 amide bonds. The summed E-state index contributed by atoms with van der Waals surface area (Å²) in [5.41, 5.74) is 0.486. The molecule has 22 heavy (non-hydrogen) atoms. The Bertz CT molecular complexity index is 563. The van der Waals surface area contributed by atoms with Crippen molar-refractivity contribution >= 4 is 11.9 Å². The third-order valence-electron chi connectivity index (χ3n) is 3.52. The Labute approximate surface area is 129 Å². The highest BCUT2D eigenvalue weighted by molar-refractivity contribution is 5.91. The van der Waals surface area contributed by atoms with Gasteiger partial charge in [0, 0.05) is 12.1 Å². The van der Waals surface area contributed by atoms with E-state index < -0.39 is 11.9 Å². The molecule has 1 spiro atoms. The Morgan fingerprint density at radius 3 is 2.68 bits per heavy atom. The minimum atomic E-state index is -1.48. The highest BCUT2D eigenvalue weighted by Crippen LogP contribution is 2.32. The molecule has 118 valence electrons. The highest BCUT2D eigenvalue weighted by atomic mass is 16.7. The molecule has 0 saturated carbocycles. The predicted molar refractivity (Wildman–Crippen MR) is 79.7 cm³/mol. The second-order valence-corrected chi connectivity index (χ2v) is 4.86. The van der Waals surface area contributed by atoms with Gasteiger partial charge in [0.25, 0.3) is 5.79 Å². The van der Waals surface area contributed by atoms with Crippen molar-refractivity contribution in [2.45, 2.75) is 18.6 Å². The van der Waals surface area contributed by atoms with Gasteiger partial charge in [0.2, 0.25) is 5.78 Å². The van der Waals surface area contributed by atoms with Gasteiger partial charge in [-0.15, -0.1) is 0 Å². The first-order chi connectivity index (χ1) is 10.6.